The van der Waals surface area contributed by atoms with Gasteiger partial charge in [0.25, 0.3) is 0 Å². The first-order valence-electron chi connectivity index (χ1n) is 4.40. The average molecular weight is 207 g/mol. The van der Waals surface area contributed by atoms with Gasteiger partial charge >= 0.3 is 0 Å². The summed E-state index contributed by atoms with van der Waals surface area (Å²) in [6.07, 6.45) is 3.02. The molecule has 13 heavy (non-hydrogen) atoms. The first kappa shape index (κ1) is 12.4. The van der Waals surface area contributed by atoms with Crippen molar-refractivity contribution in [1.82, 2.24) is 5.32 Å². The number of hydrogen-bond acceptors (Lipinski definition) is 3. The third-order valence-corrected chi connectivity index (χ3v) is 2.52. The highest BCUT2D eigenvalue weighted by Crippen LogP contribution is 1.89. The largest absolute Gasteiger partial charge is 0.356 e. The van der Waals surface area contributed by atoms with Gasteiger partial charge in [0.05, 0.1) is 5.75 Å². The fraction of sp³-hybridized carbons (Fsp3) is 0.875. The highest BCUT2D eigenvalue weighted by atomic mass is 32.2. The predicted molar refractivity (Wildman–Crippen MR) is 52.2 cm³/mol. The van der Waals surface area contributed by atoms with E-state index in [4.69, 9.17) is 0 Å². The van der Waals surface area contributed by atoms with Crippen LogP contribution in [0.4, 0.5) is 0 Å². The fourth-order valence-corrected chi connectivity index (χ4v) is 1.55. The first-order chi connectivity index (χ1) is 5.95. The van der Waals surface area contributed by atoms with Crippen LogP contribution in [-0.2, 0) is 14.6 Å². The Bertz CT molecular complexity index is 246. The third-order valence-electron chi connectivity index (χ3n) is 1.49. The van der Waals surface area contributed by atoms with Gasteiger partial charge in [0.2, 0.25) is 5.91 Å². The topological polar surface area (TPSA) is 63.2 Å². The van der Waals surface area contributed by atoms with Crippen LogP contribution in [0.3, 0.4) is 0 Å². The molecule has 78 valence electrons. The van der Waals surface area contributed by atoms with E-state index in [2.05, 4.69) is 5.32 Å². The van der Waals surface area contributed by atoms with Crippen LogP contribution < -0.4 is 5.32 Å². The molecule has 0 aromatic heterocycles. The van der Waals surface area contributed by atoms with Gasteiger partial charge in [0.1, 0.15) is 9.84 Å². The van der Waals surface area contributed by atoms with Crippen molar-refractivity contribution in [3.05, 3.63) is 0 Å². The van der Waals surface area contributed by atoms with Gasteiger partial charge in [-0.05, 0) is 12.8 Å². The Morgan fingerprint density at radius 1 is 1.38 bits per heavy atom. The number of rotatable bonds is 6. The van der Waals surface area contributed by atoms with Crippen LogP contribution in [0.25, 0.3) is 0 Å². The second-order valence-corrected chi connectivity index (χ2v) is 5.34. The lowest BCUT2D eigenvalue weighted by Gasteiger charge is -2.02. The molecule has 0 unspecified atom stereocenters. The van der Waals surface area contributed by atoms with Crippen molar-refractivity contribution in [3.63, 3.8) is 0 Å². The van der Waals surface area contributed by atoms with Crippen molar-refractivity contribution < 1.29 is 13.2 Å². The third kappa shape index (κ3) is 9.33. The van der Waals surface area contributed by atoms with E-state index in [1.807, 2.05) is 6.92 Å². The maximum atomic E-state index is 10.9. The smallest absolute Gasteiger partial charge is 0.219 e. The van der Waals surface area contributed by atoms with Crippen LogP contribution >= 0.6 is 0 Å². The molecule has 1 amide bonds. The summed E-state index contributed by atoms with van der Waals surface area (Å²) in [4.78, 5) is 10.9. The quantitative estimate of drug-likeness (QED) is 0.639. The minimum Gasteiger partial charge on any atom is -0.356 e. The fourth-order valence-electron chi connectivity index (χ4n) is 0.878. The van der Waals surface area contributed by atoms with E-state index in [1.165, 1.54) is 6.26 Å². The monoisotopic (exact) mass is 207 g/mol. The standard InChI is InChI=1S/C8H17NO3S/c1-3-5-8(10)9-6-4-7-13(2,11)12/h3-7H2,1-2H3,(H,9,10). The van der Waals surface area contributed by atoms with Crippen molar-refractivity contribution in [2.45, 2.75) is 26.2 Å². The molecule has 0 radical (unpaired) electrons. The van der Waals surface area contributed by atoms with Crippen molar-refractivity contribution >= 4 is 15.7 Å². The first-order valence-corrected chi connectivity index (χ1v) is 6.46. The van der Waals surface area contributed by atoms with E-state index in [1.54, 1.807) is 0 Å². The highest BCUT2D eigenvalue weighted by Gasteiger charge is 2.02. The summed E-state index contributed by atoms with van der Waals surface area (Å²) in [5, 5.41) is 2.65. The van der Waals surface area contributed by atoms with E-state index in [0.717, 1.165) is 6.42 Å². The van der Waals surface area contributed by atoms with Gasteiger partial charge in [-0.1, -0.05) is 6.92 Å². The SMILES string of the molecule is CCCC(=O)NCCCS(C)(=O)=O. The molecule has 0 atom stereocenters. The van der Waals surface area contributed by atoms with E-state index < -0.39 is 9.84 Å². The van der Waals surface area contributed by atoms with Crippen molar-refractivity contribution in [1.29, 1.82) is 0 Å². The van der Waals surface area contributed by atoms with Crippen LogP contribution in [0.1, 0.15) is 26.2 Å². The maximum Gasteiger partial charge on any atom is 0.219 e. The van der Waals surface area contributed by atoms with E-state index in [-0.39, 0.29) is 11.7 Å². The Labute approximate surface area is 79.6 Å². The van der Waals surface area contributed by atoms with Gasteiger partial charge in [-0.3, -0.25) is 4.79 Å². The minimum absolute atomic E-state index is 0.00370. The summed E-state index contributed by atoms with van der Waals surface area (Å²) in [5.74, 6) is 0.135. The molecule has 0 rings (SSSR count). The summed E-state index contributed by atoms with van der Waals surface area (Å²) in [7, 11) is -2.89. The van der Waals surface area contributed by atoms with Gasteiger partial charge < -0.3 is 5.32 Å². The van der Waals surface area contributed by atoms with Crippen LogP contribution in [0.5, 0.6) is 0 Å². The average Bonchev–Trinajstić information content (AvgIpc) is 1.97. The van der Waals surface area contributed by atoms with E-state index in [9.17, 15) is 13.2 Å². The molecule has 0 aliphatic rings. The second kappa shape index (κ2) is 5.96. The zero-order valence-electron chi connectivity index (χ0n) is 8.17. The zero-order valence-corrected chi connectivity index (χ0v) is 8.99. The summed E-state index contributed by atoms with van der Waals surface area (Å²) >= 11 is 0. The molecule has 0 saturated carbocycles. The summed E-state index contributed by atoms with van der Waals surface area (Å²) < 4.78 is 21.4. The van der Waals surface area contributed by atoms with Crippen LogP contribution in [0, 0.1) is 0 Å². The molecule has 0 aliphatic carbocycles. The zero-order chi connectivity index (χ0) is 10.3. The number of sulfone groups is 1. The lowest BCUT2D eigenvalue weighted by Crippen LogP contribution is -2.25. The molecular formula is C8H17NO3S. The Morgan fingerprint density at radius 2 is 2.00 bits per heavy atom. The second-order valence-electron chi connectivity index (χ2n) is 3.08. The normalized spacial score (nSPS) is 11.2. The number of carbonyl (C=O) groups excluding carboxylic acids is 1. The molecule has 0 spiro atoms. The Morgan fingerprint density at radius 3 is 2.46 bits per heavy atom. The van der Waals surface area contributed by atoms with Crippen molar-refractivity contribution in [2.24, 2.45) is 0 Å². The molecule has 0 fully saturated rings. The molecule has 4 nitrogen and oxygen atoms in total. The molecule has 5 heteroatoms. The predicted octanol–water partition coefficient (Wildman–Crippen LogP) is 0.337. The van der Waals surface area contributed by atoms with Gasteiger partial charge in [0, 0.05) is 19.2 Å². The number of carbonyl (C=O) groups is 1. The number of nitrogens with one attached hydrogen (secondary N) is 1. The molecule has 0 aromatic carbocycles. The molecule has 0 heterocycles. The maximum absolute atomic E-state index is 10.9. The highest BCUT2D eigenvalue weighted by molar-refractivity contribution is 7.90. The minimum atomic E-state index is -2.89. The van der Waals surface area contributed by atoms with Gasteiger partial charge in [0.15, 0.2) is 0 Å². The van der Waals surface area contributed by atoms with Crippen LogP contribution in [0.2, 0.25) is 0 Å². The van der Waals surface area contributed by atoms with Crippen molar-refractivity contribution in [2.75, 3.05) is 18.6 Å². The molecule has 0 aliphatic heterocycles. The van der Waals surface area contributed by atoms with Gasteiger partial charge in [-0.25, -0.2) is 8.42 Å². The Balaban J connectivity index is 3.41. The summed E-state index contributed by atoms with van der Waals surface area (Å²) in [6.45, 7) is 2.38. The van der Waals surface area contributed by atoms with Gasteiger partial charge in [-0.2, -0.15) is 0 Å². The number of hydrogen-bond donors (Lipinski definition) is 1. The number of amides is 1. The van der Waals surface area contributed by atoms with Crippen LogP contribution in [0.15, 0.2) is 0 Å². The van der Waals surface area contributed by atoms with Crippen molar-refractivity contribution in [3.8, 4) is 0 Å². The molecule has 0 aromatic rings. The van der Waals surface area contributed by atoms with E-state index in [0.29, 0.717) is 19.4 Å². The molecular weight excluding hydrogens is 190 g/mol. The Hall–Kier alpha value is -0.580. The lowest BCUT2D eigenvalue weighted by atomic mass is 10.3. The van der Waals surface area contributed by atoms with Crippen LogP contribution in [-0.4, -0.2) is 32.9 Å². The summed E-state index contributed by atoms with van der Waals surface area (Å²) in [5.41, 5.74) is 0. The molecule has 0 saturated heterocycles. The van der Waals surface area contributed by atoms with E-state index >= 15 is 0 Å². The lowest BCUT2D eigenvalue weighted by molar-refractivity contribution is -0.121. The molecule has 0 bridgehead atoms. The summed E-state index contributed by atoms with van der Waals surface area (Å²) in [6, 6.07) is 0. The van der Waals surface area contributed by atoms with Gasteiger partial charge in [-0.15, -0.1) is 0 Å². The Kier molecular flexibility index (Phi) is 5.70. The molecule has 1 N–H and O–H groups in total.